The molecule has 4 nitrogen and oxygen atoms in total. The predicted molar refractivity (Wildman–Crippen MR) is 79.6 cm³/mol. The maximum atomic E-state index is 13.2. The van der Waals surface area contributed by atoms with Crippen LogP contribution in [0.2, 0.25) is 0 Å². The van der Waals surface area contributed by atoms with Gasteiger partial charge < -0.3 is 10.1 Å². The van der Waals surface area contributed by atoms with Gasteiger partial charge in [0.15, 0.2) is 0 Å². The topological polar surface area (TPSA) is 41.6 Å². The van der Waals surface area contributed by atoms with E-state index in [0.717, 1.165) is 30.5 Å². The summed E-state index contributed by atoms with van der Waals surface area (Å²) in [5.41, 5.74) is 2.18. The van der Waals surface area contributed by atoms with Crippen molar-refractivity contribution in [3.05, 3.63) is 35.1 Å². The van der Waals surface area contributed by atoms with E-state index < -0.39 is 0 Å². The Labute approximate surface area is 125 Å². The highest BCUT2D eigenvalue weighted by molar-refractivity contribution is 5.78. The molecule has 1 N–H and O–H groups in total. The van der Waals surface area contributed by atoms with Crippen molar-refractivity contribution < 1.29 is 13.9 Å². The summed E-state index contributed by atoms with van der Waals surface area (Å²) in [6, 6.07) is 5.06. The minimum Gasteiger partial charge on any atom is -0.385 e. The summed E-state index contributed by atoms with van der Waals surface area (Å²) in [4.78, 5) is 14.1. The molecule has 1 aliphatic heterocycles. The van der Waals surface area contributed by atoms with E-state index in [1.807, 2.05) is 6.07 Å². The molecule has 1 atom stereocenters. The van der Waals surface area contributed by atoms with Gasteiger partial charge in [-0.1, -0.05) is 6.07 Å². The van der Waals surface area contributed by atoms with Crippen LogP contribution in [0.25, 0.3) is 0 Å². The molecule has 1 aromatic rings. The SMILES string of the molecule is COCCCNC(=O)CN1CCc2cc(F)ccc2C1C. The van der Waals surface area contributed by atoms with E-state index in [2.05, 4.69) is 17.1 Å². The van der Waals surface area contributed by atoms with Crippen molar-refractivity contribution in [3.8, 4) is 0 Å². The molecule has 1 aromatic carbocycles. The minimum atomic E-state index is -0.190. The number of methoxy groups -OCH3 is 1. The number of hydrogen-bond acceptors (Lipinski definition) is 3. The van der Waals surface area contributed by atoms with Crippen molar-refractivity contribution in [2.24, 2.45) is 0 Å². The first-order chi connectivity index (χ1) is 10.1. The highest BCUT2D eigenvalue weighted by atomic mass is 19.1. The molecule has 1 aliphatic rings. The normalized spacial score (nSPS) is 18.3. The molecule has 0 radical (unpaired) electrons. The lowest BCUT2D eigenvalue weighted by Crippen LogP contribution is -2.42. The molecular weight excluding hydrogens is 271 g/mol. The van der Waals surface area contributed by atoms with Crippen molar-refractivity contribution >= 4 is 5.91 Å². The van der Waals surface area contributed by atoms with Gasteiger partial charge in [-0.15, -0.1) is 0 Å². The van der Waals surface area contributed by atoms with Gasteiger partial charge in [-0.05, 0) is 43.0 Å². The third kappa shape index (κ3) is 4.25. The third-order valence-corrected chi connectivity index (χ3v) is 3.97. The van der Waals surface area contributed by atoms with Gasteiger partial charge in [-0.25, -0.2) is 4.39 Å². The van der Waals surface area contributed by atoms with Gasteiger partial charge in [-0.2, -0.15) is 0 Å². The van der Waals surface area contributed by atoms with Gasteiger partial charge in [0.1, 0.15) is 5.82 Å². The van der Waals surface area contributed by atoms with Crippen molar-refractivity contribution in [2.45, 2.75) is 25.8 Å². The number of halogens is 1. The highest BCUT2D eigenvalue weighted by Gasteiger charge is 2.25. The summed E-state index contributed by atoms with van der Waals surface area (Å²) in [7, 11) is 1.65. The number of rotatable bonds is 6. The van der Waals surface area contributed by atoms with Crippen LogP contribution in [-0.4, -0.2) is 44.2 Å². The van der Waals surface area contributed by atoms with Crippen LogP contribution in [0.5, 0.6) is 0 Å². The van der Waals surface area contributed by atoms with Crippen molar-refractivity contribution in [3.63, 3.8) is 0 Å². The summed E-state index contributed by atoms with van der Waals surface area (Å²) in [6.07, 6.45) is 1.61. The molecule has 1 heterocycles. The van der Waals surface area contributed by atoms with Crippen LogP contribution >= 0.6 is 0 Å². The maximum Gasteiger partial charge on any atom is 0.234 e. The standard InChI is InChI=1S/C16H23FN2O2/c1-12-15-5-4-14(17)10-13(15)6-8-19(12)11-16(20)18-7-3-9-21-2/h4-5,10,12H,3,6-9,11H2,1-2H3,(H,18,20). The van der Waals surface area contributed by atoms with Gasteiger partial charge in [-0.3, -0.25) is 9.69 Å². The van der Waals surface area contributed by atoms with Crippen LogP contribution in [-0.2, 0) is 16.0 Å². The zero-order valence-electron chi connectivity index (χ0n) is 12.7. The first-order valence-electron chi connectivity index (χ1n) is 7.40. The van der Waals surface area contributed by atoms with Crippen molar-refractivity contribution in [1.29, 1.82) is 0 Å². The van der Waals surface area contributed by atoms with E-state index in [1.165, 1.54) is 6.07 Å². The second kappa shape index (κ2) is 7.52. The zero-order chi connectivity index (χ0) is 15.2. The van der Waals surface area contributed by atoms with E-state index in [0.29, 0.717) is 19.7 Å². The smallest absolute Gasteiger partial charge is 0.234 e. The number of benzene rings is 1. The Morgan fingerprint density at radius 3 is 3.10 bits per heavy atom. The summed E-state index contributed by atoms with van der Waals surface area (Å²) in [6.45, 7) is 4.51. The number of ether oxygens (including phenoxy) is 1. The van der Waals surface area contributed by atoms with E-state index in [4.69, 9.17) is 4.74 Å². The number of nitrogens with one attached hydrogen (secondary N) is 1. The molecule has 1 amide bonds. The third-order valence-electron chi connectivity index (χ3n) is 3.97. The monoisotopic (exact) mass is 294 g/mol. The molecule has 0 bridgehead atoms. The lowest BCUT2D eigenvalue weighted by Gasteiger charge is -2.34. The molecular formula is C16H23FN2O2. The largest absolute Gasteiger partial charge is 0.385 e. The average molecular weight is 294 g/mol. The lowest BCUT2D eigenvalue weighted by atomic mass is 9.93. The average Bonchev–Trinajstić information content (AvgIpc) is 2.46. The Balaban J connectivity index is 1.88. The van der Waals surface area contributed by atoms with Gasteiger partial charge in [0.2, 0.25) is 5.91 Å². The lowest BCUT2D eigenvalue weighted by molar-refractivity contribution is -0.122. The first kappa shape index (κ1) is 15.9. The Morgan fingerprint density at radius 2 is 2.33 bits per heavy atom. The highest BCUT2D eigenvalue weighted by Crippen LogP contribution is 2.29. The summed E-state index contributed by atoms with van der Waals surface area (Å²) >= 11 is 0. The number of hydrogen-bond donors (Lipinski definition) is 1. The molecule has 116 valence electrons. The Morgan fingerprint density at radius 1 is 1.52 bits per heavy atom. The molecule has 0 spiro atoms. The fourth-order valence-corrected chi connectivity index (χ4v) is 2.75. The fraction of sp³-hybridized carbons (Fsp3) is 0.562. The van der Waals surface area contributed by atoms with Crippen LogP contribution < -0.4 is 5.32 Å². The van der Waals surface area contributed by atoms with Crippen molar-refractivity contribution in [1.82, 2.24) is 10.2 Å². The number of nitrogens with zero attached hydrogens (tertiary/aromatic N) is 1. The molecule has 0 aliphatic carbocycles. The number of amides is 1. The molecule has 5 heteroatoms. The Kier molecular flexibility index (Phi) is 5.70. The van der Waals surface area contributed by atoms with E-state index in [1.54, 1.807) is 13.2 Å². The Bertz CT molecular complexity index is 493. The molecule has 0 aromatic heterocycles. The fourth-order valence-electron chi connectivity index (χ4n) is 2.75. The molecule has 21 heavy (non-hydrogen) atoms. The van der Waals surface area contributed by atoms with E-state index in [9.17, 15) is 9.18 Å². The zero-order valence-corrected chi connectivity index (χ0v) is 12.7. The first-order valence-corrected chi connectivity index (χ1v) is 7.40. The summed E-state index contributed by atoms with van der Waals surface area (Å²) in [5.74, 6) is -0.159. The van der Waals surface area contributed by atoms with Crippen molar-refractivity contribution in [2.75, 3.05) is 33.4 Å². The predicted octanol–water partition coefficient (Wildman–Crippen LogP) is 1.90. The molecule has 0 fully saturated rings. The minimum absolute atomic E-state index is 0.0310. The molecule has 0 saturated heterocycles. The second-order valence-corrected chi connectivity index (χ2v) is 5.44. The van der Waals surface area contributed by atoms with Gasteiger partial charge in [0, 0.05) is 32.8 Å². The van der Waals surface area contributed by atoms with Crippen LogP contribution in [0.15, 0.2) is 18.2 Å². The van der Waals surface area contributed by atoms with Gasteiger partial charge in [0.05, 0.1) is 6.54 Å². The summed E-state index contributed by atoms with van der Waals surface area (Å²) < 4.78 is 18.2. The number of carbonyl (C=O) groups is 1. The second-order valence-electron chi connectivity index (χ2n) is 5.44. The number of carbonyl (C=O) groups excluding carboxylic acids is 1. The van der Waals surface area contributed by atoms with E-state index >= 15 is 0 Å². The van der Waals surface area contributed by atoms with Gasteiger partial charge >= 0.3 is 0 Å². The number of fused-ring (bicyclic) bond motifs is 1. The van der Waals surface area contributed by atoms with Crippen LogP contribution in [0, 0.1) is 5.82 Å². The van der Waals surface area contributed by atoms with Crippen LogP contribution in [0.4, 0.5) is 4.39 Å². The van der Waals surface area contributed by atoms with Crippen LogP contribution in [0.1, 0.15) is 30.5 Å². The molecule has 0 saturated carbocycles. The quantitative estimate of drug-likeness (QED) is 0.815. The summed E-state index contributed by atoms with van der Waals surface area (Å²) in [5, 5.41) is 2.90. The Hall–Kier alpha value is -1.46. The molecule has 1 unspecified atom stereocenters. The van der Waals surface area contributed by atoms with E-state index in [-0.39, 0.29) is 17.8 Å². The van der Waals surface area contributed by atoms with Gasteiger partial charge in [0.25, 0.3) is 0 Å². The van der Waals surface area contributed by atoms with Crippen LogP contribution in [0.3, 0.4) is 0 Å². The molecule has 2 rings (SSSR count). The maximum absolute atomic E-state index is 13.2.